The number of ether oxygens (including phenoxy) is 3. The number of fused-ring (bicyclic) bond motifs is 2. The number of halogens is 2. The standard InChI is InChI=1S/C23H24ClN3O4S.ClH/c1-15-6-7-16(24)21-20(15)25-23(32-21)27(9-8-26-10-12-29-13-11-26)22(28)19-14-30-17-4-2-3-5-18(17)31-19;/h2-7,19H,8-14H2,1H3;1H. The maximum Gasteiger partial charge on any atom is 0.273 e. The van der Waals surface area contributed by atoms with Crippen LogP contribution >= 0.6 is 35.3 Å². The Morgan fingerprint density at radius 2 is 1.97 bits per heavy atom. The highest BCUT2D eigenvalue weighted by Gasteiger charge is 2.33. The third kappa shape index (κ3) is 5.05. The second-order valence-electron chi connectivity index (χ2n) is 7.85. The van der Waals surface area contributed by atoms with Gasteiger partial charge in [-0.3, -0.25) is 14.6 Å². The monoisotopic (exact) mass is 509 g/mol. The Kier molecular flexibility index (Phi) is 7.61. The molecule has 5 rings (SSSR count). The Labute approximate surface area is 207 Å². The van der Waals surface area contributed by atoms with E-state index in [4.69, 9.17) is 30.8 Å². The number of thiazole rings is 1. The summed E-state index contributed by atoms with van der Waals surface area (Å²) < 4.78 is 18.1. The van der Waals surface area contributed by atoms with Crippen molar-refractivity contribution in [2.24, 2.45) is 0 Å². The number of benzene rings is 2. The van der Waals surface area contributed by atoms with Gasteiger partial charge in [0.25, 0.3) is 5.91 Å². The smallest absolute Gasteiger partial charge is 0.273 e. The minimum atomic E-state index is -0.738. The Bertz CT molecular complexity index is 1100. The number of aryl methyl sites for hydroxylation is 1. The zero-order chi connectivity index (χ0) is 22.1. The topological polar surface area (TPSA) is 64.1 Å². The fraction of sp³-hybridized carbons (Fsp3) is 0.391. The molecule has 0 N–H and O–H groups in total. The van der Waals surface area contributed by atoms with Gasteiger partial charge in [0.2, 0.25) is 6.10 Å². The predicted octanol–water partition coefficient (Wildman–Crippen LogP) is 4.19. The minimum absolute atomic E-state index is 0. The molecule has 1 aromatic heterocycles. The Balaban J connectivity index is 0.00000259. The number of anilines is 1. The number of hydrogen-bond donors (Lipinski definition) is 0. The van der Waals surface area contributed by atoms with Crippen molar-refractivity contribution in [1.82, 2.24) is 9.88 Å². The minimum Gasteiger partial charge on any atom is -0.485 e. The molecule has 1 fully saturated rings. The van der Waals surface area contributed by atoms with Crippen LogP contribution in [0.4, 0.5) is 5.13 Å². The van der Waals surface area contributed by atoms with Crippen LogP contribution in [0.15, 0.2) is 36.4 Å². The summed E-state index contributed by atoms with van der Waals surface area (Å²) in [5, 5.41) is 1.26. The first-order chi connectivity index (χ1) is 15.6. The molecule has 1 saturated heterocycles. The van der Waals surface area contributed by atoms with Gasteiger partial charge in [0.15, 0.2) is 16.6 Å². The summed E-state index contributed by atoms with van der Waals surface area (Å²) in [5.41, 5.74) is 1.85. The van der Waals surface area contributed by atoms with Crippen LogP contribution < -0.4 is 14.4 Å². The van der Waals surface area contributed by atoms with E-state index in [-0.39, 0.29) is 24.9 Å². The zero-order valence-corrected chi connectivity index (χ0v) is 20.5. The molecule has 2 aliphatic heterocycles. The van der Waals surface area contributed by atoms with Crippen LogP contribution in [-0.4, -0.2) is 67.9 Å². The predicted molar refractivity (Wildman–Crippen MR) is 133 cm³/mol. The summed E-state index contributed by atoms with van der Waals surface area (Å²) in [6.45, 7) is 6.50. The third-order valence-corrected chi connectivity index (χ3v) is 7.25. The van der Waals surface area contributed by atoms with Gasteiger partial charge in [-0.15, -0.1) is 12.4 Å². The molecule has 0 saturated carbocycles. The molecule has 0 aliphatic carbocycles. The highest BCUT2D eigenvalue weighted by molar-refractivity contribution is 7.23. The highest BCUT2D eigenvalue weighted by Crippen LogP contribution is 2.37. The van der Waals surface area contributed by atoms with Gasteiger partial charge >= 0.3 is 0 Å². The van der Waals surface area contributed by atoms with Gasteiger partial charge in [-0.05, 0) is 30.7 Å². The van der Waals surface area contributed by atoms with E-state index in [0.717, 1.165) is 35.4 Å². The summed E-state index contributed by atoms with van der Waals surface area (Å²) in [4.78, 5) is 22.5. The van der Waals surface area contributed by atoms with Crippen molar-refractivity contribution in [3.63, 3.8) is 0 Å². The van der Waals surface area contributed by atoms with Crippen molar-refractivity contribution in [3.05, 3.63) is 47.0 Å². The van der Waals surface area contributed by atoms with Gasteiger partial charge in [-0.1, -0.05) is 41.1 Å². The SMILES string of the molecule is Cc1ccc(Cl)c2sc(N(CCN3CCOCC3)C(=O)C3COc4ccccc4O3)nc12.Cl. The van der Waals surface area contributed by atoms with Gasteiger partial charge in [-0.2, -0.15) is 0 Å². The number of nitrogens with zero attached hydrogens (tertiary/aromatic N) is 3. The van der Waals surface area contributed by atoms with E-state index in [1.807, 2.05) is 43.3 Å². The van der Waals surface area contributed by atoms with E-state index in [1.165, 1.54) is 11.3 Å². The Morgan fingerprint density at radius 3 is 2.73 bits per heavy atom. The highest BCUT2D eigenvalue weighted by atomic mass is 35.5. The summed E-state index contributed by atoms with van der Waals surface area (Å²) in [5.74, 6) is 1.06. The number of rotatable bonds is 5. The van der Waals surface area contributed by atoms with Crippen LogP contribution in [0.3, 0.4) is 0 Å². The van der Waals surface area contributed by atoms with Gasteiger partial charge in [0, 0.05) is 26.2 Å². The van der Waals surface area contributed by atoms with Crippen molar-refractivity contribution in [2.45, 2.75) is 13.0 Å². The lowest BCUT2D eigenvalue weighted by Crippen LogP contribution is -2.49. The Hall–Kier alpha value is -2.10. The maximum atomic E-state index is 13.6. The van der Waals surface area contributed by atoms with E-state index in [2.05, 4.69) is 4.90 Å². The van der Waals surface area contributed by atoms with Crippen molar-refractivity contribution in [1.29, 1.82) is 0 Å². The molecule has 3 heterocycles. The van der Waals surface area contributed by atoms with Crippen LogP contribution in [0.1, 0.15) is 5.56 Å². The van der Waals surface area contributed by atoms with E-state index in [9.17, 15) is 4.79 Å². The average Bonchev–Trinajstić information content (AvgIpc) is 3.28. The van der Waals surface area contributed by atoms with Crippen LogP contribution in [0.2, 0.25) is 5.02 Å². The molecule has 10 heteroatoms. The summed E-state index contributed by atoms with van der Waals surface area (Å²) in [7, 11) is 0. The molecule has 0 bridgehead atoms. The number of aromatic nitrogens is 1. The largest absolute Gasteiger partial charge is 0.485 e. The van der Waals surface area contributed by atoms with Gasteiger partial charge < -0.3 is 14.2 Å². The first kappa shape index (κ1) is 24.0. The van der Waals surface area contributed by atoms with Crippen LogP contribution in [0.5, 0.6) is 11.5 Å². The van der Waals surface area contributed by atoms with E-state index in [0.29, 0.717) is 41.4 Å². The number of carbonyl (C=O) groups is 1. The molecule has 2 aliphatic rings. The number of para-hydroxylation sites is 2. The first-order valence-electron chi connectivity index (χ1n) is 10.7. The van der Waals surface area contributed by atoms with E-state index >= 15 is 0 Å². The molecule has 2 aromatic carbocycles. The fourth-order valence-corrected chi connectivity index (χ4v) is 5.24. The zero-order valence-electron chi connectivity index (χ0n) is 18.2. The number of morpholine rings is 1. The van der Waals surface area contributed by atoms with Crippen LogP contribution in [0, 0.1) is 6.92 Å². The maximum absolute atomic E-state index is 13.6. The van der Waals surface area contributed by atoms with Crippen molar-refractivity contribution in [3.8, 4) is 11.5 Å². The molecule has 3 aromatic rings. The molecule has 1 amide bonds. The lowest BCUT2D eigenvalue weighted by molar-refractivity contribution is -0.127. The lowest BCUT2D eigenvalue weighted by Gasteiger charge is -2.32. The van der Waals surface area contributed by atoms with Crippen molar-refractivity contribution < 1.29 is 19.0 Å². The van der Waals surface area contributed by atoms with Crippen molar-refractivity contribution in [2.75, 3.05) is 50.9 Å². The molecular formula is C23H25Cl2N3O4S. The molecule has 1 unspecified atom stereocenters. The molecule has 0 spiro atoms. The van der Waals surface area contributed by atoms with Gasteiger partial charge in [-0.25, -0.2) is 4.98 Å². The fourth-order valence-electron chi connectivity index (χ4n) is 3.89. The van der Waals surface area contributed by atoms with E-state index in [1.54, 1.807) is 4.90 Å². The normalized spacial score (nSPS) is 18.1. The Morgan fingerprint density at radius 1 is 1.21 bits per heavy atom. The second-order valence-corrected chi connectivity index (χ2v) is 9.23. The number of amides is 1. The molecule has 7 nitrogen and oxygen atoms in total. The van der Waals surface area contributed by atoms with Crippen LogP contribution in [-0.2, 0) is 9.53 Å². The molecule has 176 valence electrons. The summed E-state index contributed by atoms with van der Waals surface area (Å²) in [6, 6.07) is 11.2. The molecule has 33 heavy (non-hydrogen) atoms. The summed E-state index contributed by atoms with van der Waals surface area (Å²) in [6.07, 6.45) is -0.738. The van der Waals surface area contributed by atoms with E-state index < -0.39 is 6.10 Å². The lowest BCUT2D eigenvalue weighted by atomic mass is 10.2. The average molecular weight is 510 g/mol. The number of hydrogen-bond acceptors (Lipinski definition) is 7. The molecule has 1 atom stereocenters. The van der Waals surface area contributed by atoms with Gasteiger partial charge in [0.05, 0.1) is 28.5 Å². The molecule has 0 radical (unpaired) electrons. The molecular weight excluding hydrogens is 485 g/mol. The third-order valence-electron chi connectivity index (χ3n) is 5.71. The summed E-state index contributed by atoms with van der Waals surface area (Å²) >= 11 is 7.86. The number of carbonyl (C=O) groups excluding carboxylic acids is 1. The quantitative estimate of drug-likeness (QED) is 0.513. The second kappa shape index (κ2) is 10.4. The van der Waals surface area contributed by atoms with Crippen LogP contribution in [0.25, 0.3) is 10.2 Å². The van der Waals surface area contributed by atoms with Gasteiger partial charge in [0.1, 0.15) is 6.61 Å². The van der Waals surface area contributed by atoms with Crippen molar-refractivity contribution >= 4 is 56.6 Å². The first-order valence-corrected chi connectivity index (χ1v) is 11.9.